The van der Waals surface area contributed by atoms with Gasteiger partial charge in [-0.3, -0.25) is 9.36 Å². The van der Waals surface area contributed by atoms with Crippen LogP contribution >= 0.6 is 22.9 Å². The molecule has 4 aromatic rings. The van der Waals surface area contributed by atoms with Crippen molar-refractivity contribution in [3.8, 4) is 6.07 Å². The number of carbonyl (C=O) groups is 1. The van der Waals surface area contributed by atoms with Gasteiger partial charge in [0.15, 0.2) is 4.80 Å². The first-order chi connectivity index (χ1) is 17.9. The van der Waals surface area contributed by atoms with Crippen LogP contribution < -0.4 is 14.9 Å². The maximum Gasteiger partial charge on any atom is 0.338 e. The van der Waals surface area contributed by atoms with E-state index in [9.17, 15) is 14.9 Å². The van der Waals surface area contributed by atoms with Crippen molar-refractivity contribution >= 4 is 45.9 Å². The third kappa shape index (κ3) is 4.10. The lowest BCUT2D eigenvalue weighted by molar-refractivity contribution is -0.139. The first kappa shape index (κ1) is 24.8. The van der Waals surface area contributed by atoms with Crippen LogP contribution in [-0.2, 0) is 16.1 Å². The van der Waals surface area contributed by atoms with Crippen molar-refractivity contribution in [2.24, 2.45) is 4.99 Å². The van der Waals surface area contributed by atoms with Gasteiger partial charge in [0.2, 0.25) is 0 Å². The second-order valence-electron chi connectivity index (χ2n) is 8.58. The van der Waals surface area contributed by atoms with Crippen LogP contribution in [0.1, 0.15) is 36.7 Å². The normalized spacial score (nSPS) is 15.4. The molecule has 0 aliphatic carbocycles. The number of rotatable bonds is 5. The highest BCUT2D eigenvalue weighted by Crippen LogP contribution is 2.34. The zero-order valence-electron chi connectivity index (χ0n) is 20.5. The number of halogens is 1. The van der Waals surface area contributed by atoms with Gasteiger partial charge in [0.1, 0.15) is 12.6 Å². The molecule has 3 heterocycles. The van der Waals surface area contributed by atoms with Crippen molar-refractivity contribution in [2.45, 2.75) is 33.4 Å². The summed E-state index contributed by atoms with van der Waals surface area (Å²) in [4.78, 5) is 32.1. The molecular formula is C28H23ClN4O3S. The number of esters is 1. The second kappa shape index (κ2) is 9.85. The maximum absolute atomic E-state index is 13.9. The van der Waals surface area contributed by atoms with Crippen LogP contribution in [0.2, 0.25) is 5.02 Å². The van der Waals surface area contributed by atoms with Crippen LogP contribution in [0.3, 0.4) is 0 Å². The second-order valence-corrected chi connectivity index (χ2v) is 10.0. The predicted molar refractivity (Wildman–Crippen MR) is 144 cm³/mol. The number of allylic oxidation sites excluding steroid dienone is 1. The highest BCUT2D eigenvalue weighted by molar-refractivity contribution is 7.07. The van der Waals surface area contributed by atoms with E-state index in [0.717, 1.165) is 22.2 Å². The Balaban J connectivity index is 1.79. The van der Waals surface area contributed by atoms with Crippen molar-refractivity contribution in [2.75, 3.05) is 6.61 Å². The fourth-order valence-corrected chi connectivity index (χ4v) is 6.10. The Hall–Kier alpha value is -3.93. The maximum atomic E-state index is 13.9. The van der Waals surface area contributed by atoms with Crippen molar-refractivity contribution < 1.29 is 9.53 Å². The van der Waals surface area contributed by atoms with Crippen LogP contribution in [0, 0.1) is 18.3 Å². The van der Waals surface area contributed by atoms with Gasteiger partial charge in [-0.15, -0.1) is 0 Å². The Bertz CT molecular complexity index is 1820. The smallest absolute Gasteiger partial charge is 0.338 e. The first-order valence-electron chi connectivity index (χ1n) is 11.8. The van der Waals surface area contributed by atoms with Gasteiger partial charge in [-0.2, -0.15) is 5.26 Å². The number of hydrogen-bond donors (Lipinski definition) is 0. The monoisotopic (exact) mass is 530 g/mol. The van der Waals surface area contributed by atoms with Gasteiger partial charge >= 0.3 is 5.97 Å². The molecule has 37 heavy (non-hydrogen) atoms. The molecule has 9 heteroatoms. The molecule has 0 unspecified atom stereocenters. The Morgan fingerprint density at radius 3 is 2.68 bits per heavy atom. The average molecular weight is 531 g/mol. The minimum atomic E-state index is -0.771. The van der Waals surface area contributed by atoms with Crippen LogP contribution in [0.4, 0.5) is 0 Å². The van der Waals surface area contributed by atoms with Crippen molar-refractivity contribution in [1.29, 1.82) is 5.26 Å². The lowest BCUT2D eigenvalue weighted by Gasteiger charge is -2.25. The molecule has 0 fully saturated rings. The van der Waals surface area contributed by atoms with E-state index in [1.54, 1.807) is 26.0 Å². The lowest BCUT2D eigenvalue weighted by atomic mass is 9.96. The highest BCUT2D eigenvalue weighted by Gasteiger charge is 2.34. The predicted octanol–water partition coefficient (Wildman–Crippen LogP) is 4.24. The summed E-state index contributed by atoms with van der Waals surface area (Å²) < 4.78 is 9.28. The fraction of sp³-hybridized carbons (Fsp3) is 0.214. The van der Waals surface area contributed by atoms with E-state index in [0.29, 0.717) is 25.6 Å². The molecule has 0 N–H and O–H groups in total. The number of para-hydroxylation sites is 1. The molecular weight excluding hydrogens is 508 g/mol. The number of hydrogen-bond acceptors (Lipinski definition) is 6. The number of aromatic nitrogens is 2. The molecule has 2 aromatic carbocycles. The van der Waals surface area contributed by atoms with Crippen molar-refractivity contribution in [1.82, 2.24) is 9.13 Å². The molecule has 1 aliphatic heterocycles. The van der Waals surface area contributed by atoms with Crippen molar-refractivity contribution in [3.63, 3.8) is 0 Å². The third-order valence-electron chi connectivity index (χ3n) is 6.50. The van der Waals surface area contributed by atoms with E-state index < -0.39 is 12.0 Å². The number of carbonyl (C=O) groups excluding carboxylic acids is 1. The van der Waals surface area contributed by atoms with Crippen LogP contribution in [0.5, 0.6) is 0 Å². The summed E-state index contributed by atoms with van der Waals surface area (Å²) in [5, 5.41) is 10.7. The van der Waals surface area contributed by atoms with Gasteiger partial charge in [-0.1, -0.05) is 59.3 Å². The third-order valence-corrected chi connectivity index (χ3v) is 7.83. The van der Waals surface area contributed by atoms with E-state index in [2.05, 4.69) is 11.1 Å². The molecule has 0 amide bonds. The van der Waals surface area contributed by atoms with Gasteiger partial charge in [0.05, 0.1) is 28.5 Å². The minimum Gasteiger partial charge on any atom is -0.463 e. The van der Waals surface area contributed by atoms with Crippen LogP contribution in [0.15, 0.2) is 69.6 Å². The van der Waals surface area contributed by atoms with Gasteiger partial charge in [-0.05, 0) is 44.5 Å². The van der Waals surface area contributed by atoms with E-state index in [4.69, 9.17) is 16.3 Å². The molecule has 0 spiro atoms. The molecule has 5 rings (SSSR count). The molecule has 0 bridgehead atoms. The molecule has 0 radical (unpaired) electrons. The molecule has 7 nitrogen and oxygen atoms in total. The van der Waals surface area contributed by atoms with Crippen molar-refractivity contribution in [3.05, 3.63) is 101 Å². The Morgan fingerprint density at radius 1 is 1.22 bits per heavy atom. The molecule has 186 valence electrons. The van der Waals surface area contributed by atoms with Gasteiger partial charge < -0.3 is 9.30 Å². The fourth-order valence-electron chi connectivity index (χ4n) is 4.83. The Morgan fingerprint density at radius 2 is 1.95 bits per heavy atom. The number of benzene rings is 2. The number of nitriles is 1. The number of ether oxygens (including phenoxy) is 1. The molecule has 0 saturated carbocycles. The summed E-state index contributed by atoms with van der Waals surface area (Å²) in [7, 11) is 0. The highest BCUT2D eigenvalue weighted by atomic mass is 35.5. The number of fused-ring (bicyclic) bond motifs is 2. The molecule has 1 atom stereocenters. The quantitative estimate of drug-likeness (QED) is 0.361. The summed E-state index contributed by atoms with van der Waals surface area (Å²) in [6.07, 6.45) is 1.85. The Labute approximate surface area is 221 Å². The van der Waals surface area contributed by atoms with Crippen LogP contribution in [-0.4, -0.2) is 21.7 Å². The van der Waals surface area contributed by atoms with Crippen LogP contribution in [0.25, 0.3) is 17.0 Å². The van der Waals surface area contributed by atoms with E-state index >= 15 is 0 Å². The summed E-state index contributed by atoms with van der Waals surface area (Å²) >= 11 is 7.83. The standard InChI is InChI=1S/C28H23ClN4O3S/c1-4-36-27(35)24-16(2)31-28-33(25(24)19-10-5-7-11-21(19)29)26(34)23(37-28)15-20-17(3)32(14-13-30)22-12-8-6-9-18(20)22/h5-12,15,25H,4,14H2,1-3H3/b23-15-/t25-/m0/s1. The summed E-state index contributed by atoms with van der Waals surface area (Å²) in [5.74, 6) is -0.529. The summed E-state index contributed by atoms with van der Waals surface area (Å²) in [6.45, 7) is 5.82. The largest absolute Gasteiger partial charge is 0.463 e. The lowest BCUT2D eigenvalue weighted by Crippen LogP contribution is -2.40. The van der Waals surface area contributed by atoms with Gasteiger partial charge in [0.25, 0.3) is 5.56 Å². The topological polar surface area (TPSA) is 89.4 Å². The number of thiazole rings is 1. The summed E-state index contributed by atoms with van der Waals surface area (Å²) in [5.41, 5.74) is 3.80. The SMILES string of the molecule is CCOC(=O)C1=C(C)N=c2s/c(=C\c3c(C)n(CC#N)c4ccccc34)c(=O)n2[C@H]1c1ccccc1Cl. The zero-order chi connectivity index (χ0) is 26.3. The zero-order valence-corrected chi connectivity index (χ0v) is 22.1. The first-order valence-corrected chi connectivity index (χ1v) is 13.0. The Kier molecular flexibility index (Phi) is 6.59. The summed E-state index contributed by atoms with van der Waals surface area (Å²) in [6, 6.07) is 16.4. The van der Waals surface area contributed by atoms with E-state index in [-0.39, 0.29) is 24.3 Å². The molecule has 0 saturated heterocycles. The molecule has 2 aromatic heterocycles. The molecule has 1 aliphatic rings. The number of nitrogens with zero attached hydrogens (tertiary/aromatic N) is 4. The van der Waals surface area contributed by atoms with Gasteiger partial charge in [-0.25, -0.2) is 9.79 Å². The van der Waals surface area contributed by atoms with E-state index in [1.807, 2.05) is 54.0 Å². The average Bonchev–Trinajstić information content (AvgIpc) is 3.33. The van der Waals surface area contributed by atoms with Gasteiger partial charge in [0, 0.05) is 27.2 Å². The minimum absolute atomic E-state index is 0.196. The van der Waals surface area contributed by atoms with E-state index in [1.165, 1.54) is 15.9 Å².